The zero-order chi connectivity index (χ0) is 19.3. The molecule has 0 amide bonds. The molecule has 0 saturated carbocycles. The number of hydrogen-bond donors (Lipinski definition) is 0. The average Bonchev–Trinajstić information content (AvgIpc) is 2.69. The third-order valence-electron chi connectivity index (χ3n) is 3.94. The zero-order valence-corrected chi connectivity index (χ0v) is 15.9. The van der Waals surface area contributed by atoms with E-state index in [2.05, 4.69) is 12.0 Å². The minimum Gasteiger partial charge on any atom is -0.497 e. The Hall–Kier alpha value is -3.23. The Morgan fingerprint density at radius 2 is 1.48 bits per heavy atom. The number of para-hydroxylation sites is 1. The molecule has 0 unspecified atom stereocenters. The monoisotopic (exact) mass is 377 g/mol. The largest absolute Gasteiger partial charge is 0.497 e. The summed E-state index contributed by atoms with van der Waals surface area (Å²) in [5.74, 6) is 3.64. The van der Waals surface area contributed by atoms with Gasteiger partial charge in [-0.1, -0.05) is 35.9 Å². The maximum Gasteiger partial charge on any atom is 0.275 e. The number of benzene rings is 3. The Bertz CT molecular complexity index is 1060. The molecular weight excluding hydrogens is 358 g/mol. The fraction of sp³-hybridized carbons (Fsp3) is 0.0909. The molecule has 0 aliphatic heterocycles. The van der Waals surface area contributed by atoms with Gasteiger partial charge in [0.25, 0.3) is 10.0 Å². The van der Waals surface area contributed by atoms with Gasteiger partial charge in [-0.2, -0.15) is 4.31 Å². The van der Waals surface area contributed by atoms with Crippen LogP contribution in [0, 0.1) is 18.9 Å². The molecule has 0 atom stereocenters. The second-order valence-corrected chi connectivity index (χ2v) is 7.67. The predicted molar refractivity (Wildman–Crippen MR) is 107 cm³/mol. The van der Waals surface area contributed by atoms with Gasteiger partial charge in [0.05, 0.1) is 17.7 Å². The van der Waals surface area contributed by atoms with E-state index in [-0.39, 0.29) is 4.90 Å². The van der Waals surface area contributed by atoms with Gasteiger partial charge < -0.3 is 4.74 Å². The van der Waals surface area contributed by atoms with Gasteiger partial charge in [0, 0.05) is 11.6 Å². The first-order valence-corrected chi connectivity index (χ1v) is 9.77. The molecule has 0 spiro atoms. The molecule has 3 aromatic carbocycles. The Kier molecular flexibility index (Phi) is 5.49. The zero-order valence-electron chi connectivity index (χ0n) is 15.1. The molecule has 0 N–H and O–H groups in total. The maximum atomic E-state index is 13.2. The lowest BCUT2D eigenvalue weighted by Gasteiger charge is -2.18. The molecule has 3 rings (SSSR count). The van der Waals surface area contributed by atoms with Crippen molar-refractivity contribution < 1.29 is 13.2 Å². The van der Waals surface area contributed by atoms with E-state index in [1.54, 1.807) is 79.9 Å². The van der Waals surface area contributed by atoms with Crippen molar-refractivity contribution in [2.45, 2.75) is 11.8 Å². The summed E-state index contributed by atoms with van der Waals surface area (Å²) in [6.45, 7) is 1.91. The Labute approximate surface area is 160 Å². The lowest BCUT2D eigenvalue weighted by molar-refractivity contribution is 0.415. The Morgan fingerprint density at radius 3 is 2.07 bits per heavy atom. The van der Waals surface area contributed by atoms with Crippen LogP contribution in [-0.2, 0) is 10.0 Å². The summed E-state index contributed by atoms with van der Waals surface area (Å²) >= 11 is 0. The molecule has 0 aromatic heterocycles. The van der Waals surface area contributed by atoms with E-state index < -0.39 is 10.0 Å². The molecule has 5 heteroatoms. The molecule has 0 bridgehead atoms. The highest BCUT2D eigenvalue weighted by Gasteiger charge is 2.23. The topological polar surface area (TPSA) is 46.6 Å². The third kappa shape index (κ3) is 4.30. The van der Waals surface area contributed by atoms with Crippen molar-refractivity contribution in [3.8, 4) is 17.7 Å². The van der Waals surface area contributed by atoms with Crippen molar-refractivity contribution in [1.82, 2.24) is 0 Å². The van der Waals surface area contributed by atoms with Crippen molar-refractivity contribution in [1.29, 1.82) is 0 Å². The molecule has 27 heavy (non-hydrogen) atoms. The van der Waals surface area contributed by atoms with Crippen molar-refractivity contribution in [3.05, 3.63) is 90.0 Å². The van der Waals surface area contributed by atoms with Crippen LogP contribution in [0.4, 0.5) is 5.69 Å². The molecule has 0 heterocycles. The van der Waals surface area contributed by atoms with E-state index in [0.717, 1.165) is 9.87 Å². The van der Waals surface area contributed by atoms with Crippen molar-refractivity contribution in [3.63, 3.8) is 0 Å². The minimum atomic E-state index is -3.82. The predicted octanol–water partition coefficient (Wildman–Crippen LogP) is 4.21. The van der Waals surface area contributed by atoms with Crippen LogP contribution < -0.4 is 9.04 Å². The lowest BCUT2D eigenvalue weighted by atomic mass is 10.2. The number of rotatable bonds is 4. The third-order valence-corrected chi connectivity index (χ3v) is 5.59. The molecule has 136 valence electrons. The summed E-state index contributed by atoms with van der Waals surface area (Å²) in [6, 6.07) is 25.5. The number of hydrogen-bond acceptors (Lipinski definition) is 3. The SMILES string of the molecule is COc1ccc(C#CN(c2ccccc2)S(=O)(=O)c2ccc(C)cc2)cc1. The number of methoxy groups -OCH3 is 1. The van der Waals surface area contributed by atoms with E-state index in [9.17, 15) is 8.42 Å². The Morgan fingerprint density at radius 1 is 0.852 bits per heavy atom. The summed E-state index contributed by atoms with van der Waals surface area (Å²) in [5.41, 5.74) is 2.17. The first-order chi connectivity index (χ1) is 13.0. The minimum absolute atomic E-state index is 0.195. The molecular formula is C22H19NO3S. The molecule has 0 saturated heterocycles. The van der Waals surface area contributed by atoms with Gasteiger partial charge in [0.15, 0.2) is 0 Å². The van der Waals surface area contributed by atoms with Crippen molar-refractivity contribution in [2.24, 2.45) is 0 Å². The number of ether oxygens (including phenoxy) is 1. The highest BCUT2D eigenvalue weighted by atomic mass is 32.2. The van der Waals surface area contributed by atoms with Gasteiger partial charge in [-0.25, -0.2) is 8.42 Å². The lowest BCUT2D eigenvalue weighted by Crippen LogP contribution is -2.26. The van der Waals surface area contributed by atoms with E-state index in [4.69, 9.17) is 4.74 Å². The summed E-state index contributed by atoms with van der Waals surface area (Å²) < 4.78 is 32.6. The molecule has 0 aliphatic rings. The van der Waals surface area contributed by atoms with Crippen molar-refractivity contribution in [2.75, 3.05) is 11.4 Å². The average molecular weight is 377 g/mol. The Balaban J connectivity index is 2.04. The van der Waals surface area contributed by atoms with E-state index >= 15 is 0 Å². The van der Waals surface area contributed by atoms with Crippen LogP contribution in [0.25, 0.3) is 0 Å². The highest BCUT2D eigenvalue weighted by Crippen LogP contribution is 2.23. The number of nitrogens with zero attached hydrogens (tertiary/aromatic N) is 1. The van der Waals surface area contributed by atoms with Gasteiger partial charge in [-0.05, 0) is 61.4 Å². The maximum absolute atomic E-state index is 13.2. The van der Waals surface area contributed by atoms with Gasteiger partial charge >= 0.3 is 0 Å². The normalized spacial score (nSPS) is 10.6. The van der Waals surface area contributed by atoms with Crippen LogP contribution in [0.1, 0.15) is 11.1 Å². The second-order valence-electron chi connectivity index (χ2n) is 5.88. The van der Waals surface area contributed by atoms with Crippen LogP contribution in [0.2, 0.25) is 0 Å². The standard InChI is InChI=1S/C22H19NO3S/c1-18-8-14-22(15-9-18)27(24,25)23(20-6-4-3-5-7-20)17-16-19-10-12-21(26-2)13-11-19/h3-15H,1-2H3. The summed E-state index contributed by atoms with van der Waals surface area (Å²) in [6.07, 6.45) is 0. The van der Waals surface area contributed by atoms with E-state index in [0.29, 0.717) is 17.0 Å². The fourth-order valence-corrected chi connectivity index (χ4v) is 3.69. The quantitative estimate of drug-likeness (QED) is 0.505. The van der Waals surface area contributed by atoms with Crippen LogP contribution in [0.3, 0.4) is 0 Å². The van der Waals surface area contributed by atoms with Gasteiger partial charge in [-0.3, -0.25) is 0 Å². The molecule has 0 aliphatic carbocycles. The molecule has 0 radical (unpaired) electrons. The number of aryl methyl sites for hydroxylation is 1. The van der Waals surface area contributed by atoms with Gasteiger partial charge in [0.1, 0.15) is 5.75 Å². The van der Waals surface area contributed by atoms with Crippen LogP contribution in [0.15, 0.2) is 83.8 Å². The van der Waals surface area contributed by atoms with Crippen LogP contribution in [-0.4, -0.2) is 15.5 Å². The number of sulfonamides is 1. The molecule has 3 aromatic rings. The first kappa shape index (κ1) is 18.6. The van der Waals surface area contributed by atoms with E-state index in [1.807, 2.05) is 13.0 Å². The van der Waals surface area contributed by atoms with Gasteiger partial charge in [0.2, 0.25) is 0 Å². The molecule has 0 fully saturated rings. The van der Waals surface area contributed by atoms with Gasteiger partial charge in [-0.15, -0.1) is 0 Å². The smallest absolute Gasteiger partial charge is 0.275 e. The van der Waals surface area contributed by atoms with Crippen LogP contribution in [0.5, 0.6) is 5.75 Å². The van der Waals surface area contributed by atoms with Crippen LogP contribution >= 0.6 is 0 Å². The summed E-state index contributed by atoms with van der Waals surface area (Å²) in [4.78, 5) is 0.195. The second kappa shape index (κ2) is 7.98. The molecule has 4 nitrogen and oxygen atoms in total. The van der Waals surface area contributed by atoms with Crippen molar-refractivity contribution >= 4 is 15.7 Å². The van der Waals surface area contributed by atoms with E-state index in [1.165, 1.54) is 0 Å². The summed E-state index contributed by atoms with van der Waals surface area (Å²) in [7, 11) is -2.23. The summed E-state index contributed by atoms with van der Waals surface area (Å²) in [5, 5.41) is 0. The highest BCUT2D eigenvalue weighted by molar-refractivity contribution is 7.93. The number of anilines is 1. The first-order valence-electron chi connectivity index (χ1n) is 8.33. The fourth-order valence-electron chi connectivity index (χ4n) is 2.43.